The van der Waals surface area contributed by atoms with Gasteiger partial charge in [-0.2, -0.15) is 0 Å². The van der Waals surface area contributed by atoms with Crippen LogP contribution in [0.5, 0.6) is 0 Å². The third kappa shape index (κ3) is 2.15. The summed E-state index contributed by atoms with van der Waals surface area (Å²) >= 11 is 5.99. The summed E-state index contributed by atoms with van der Waals surface area (Å²) in [6.07, 6.45) is 0.647. The van der Waals surface area contributed by atoms with Crippen LogP contribution in [0.25, 0.3) is 10.9 Å². The van der Waals surface area contributed by atoms with Crippen molar-refractivity contribution in [2.24, 2.45) is 0 Å². The van der Waals surface area contributed by atoms with Gasteiger partial charge in [0.15, 0.2) is 0 Å². The highest BCUT2D eigenvalue weighted by atomic mass is 35.5. The predicted octanol–water partition coefficient (Wildman–Crippen LogP) is 2.49. The summed E-state index contributed by atoms with van der Waals surface area (Å²) in [7, 11) is 0. The summed E-state index contributed by atoms with van der Waals surface area (Å²) < 4.78 is 0. The van der Waals surface area contributed by atoms with Crippen LogP contribution in [0.3, 0.4) is 0 Å². The van der Waals surface area contributed by atoms with E-state index in [0.717, 1.165) is 5.39 Å². The number of halogens is 1. The molecule has 5 heteroatoms. The van der Waals surface area contributed by atoms with Gasteiger partial charge < -0.3 is 10.0 Å². The molecule has 1 aliphatic heterocycles. The number of carbonyl (C=O) groups is 1. The second-order valence-electron chi connectivity index (χ2n) is 5.25. The first-order valence-corrected chi connectivity index (χ1v) is 6.97. The molecule has 1 N–H and O–H groups in total. The molecule has 1 aromatic carbocycles. The van der Waals surface area contributed by atoms with Crippen LogP contribution in [-0.2, 0) is 0 Å². The number of fused-ring (bicyclic) bond motifs is 1. The van der Waals surface area contributed by atoms with Gasteiger partial charge in [-0.3, -0.25) is 4.79 Å². The minimum absolute atomic E-state index is 0.108. The molecule has 0 saturated carbocycles. The Morgan fingerprint density at radius 3 is 2.85 bits per heavy atom. The average Bonchev–Trinajstić information content (AvgIpc) is 2.42. The smallest absolute Gasteiger partial charge is 0.254 e. The number of amides is 1. The minimum atomic E-state index is -0.734. The molecule has 3 rings (SSSR count). The number of likely N-dealkylation sites (tertiary alicyclic amines) is 1. The van der Waals surface area contributed by atoms with Gasteiger partial charge in [0.2, 0.25) is 0 Å². The van der Waals surface area contributed by atoms with Crippen molar-refractivity contribution in [1.29, 1.82) is 0 Å². The summed E-state index contributed by atoms with van der Waals surface area (Å²) in [5, 5.41) is 11.1. The molecule has 1 amide bonds. The maximum atomic E-state index is 12.5. The average molecular weight is 291 g/mol. The Bertz CT molecular complexity index is 681. The summed E-state index contributed by atoms with van der Waals surface area (Å²) in [5.74, 6) is -0.108. The van der Waals surface area contributed by atoms with Crippen LogP contribution in [0.4, 0.5) is 0 Å². The van der Waals surface area contributed by atoms with Gasteiger partial charge in [0.1, 0.15) is 5.15 Å². The Morgan fingerprint density at radius 2 is 2.15 bits per heavy atom. The second-order valence-corrected chi connectivity index (χ2v) is 5.64. The molecule has 0 aliphatic carbocycles. The van der Waals surface area contributed by atoms with Gasteiger partial charge in [-0.1, -0.05) is 36.7 Å². The highest BCUT2D eigenvalue weighted by Gasteiger charge is 2.42. The van der Waals surface area contributed by atoms with E-state index >= 15 is 0 Å². The lowest BCUT2D eigenvalue weighted by atomic mass is 9.90. The fourth-order valence-electron chi connectivity index (χ4n) is 2.52. The monoisotopic (exact) mass is 290 g/mol. The van der Waals surface area contributed by atoms with Crippen LogP contribution < -0.4 is 0 Å². The van der Waals surface area contributed by atoms with Gasteiger partial charge in [0.05, 0.1) is 29.8 Å². The van der Waals surface area contributed by atoms with Crippen LogP contribution in [0, 0.1) is 0 Å². The standard InChI is InChI=1S/C15H15ClN2O2/c1-2-15(20)8-18(9-15)14(19)11-7-13(16)17-12-6-4-3-5-10(11)12/h3-7,20H,2,8-9H2,1H3. The van der Waals surface area contributed by atoms with E-state index < -0.39 is 5.60 Å². The SMILES string of the molecule is CCC1(O)CN(C(=O)c2cc(Cl)nc3ccccc23)C1. The van der Waals surface area contributed by atoms with Gasteiger partial charge in [-0.25, -0.2) is 4.98 Å². The molecule has 0 atom stereocenters. The topological polar surface area (TPSA) is 53.4 Å². The van der Waals surface area contributed by atoms with Gasteiger partial charge >= 0.3 is 0 Å². The number of hydrogen-bond donors (Lipinski definition) is 1. The molecular formula is C15H15ClN2O2. The quantitative estimate of drug-likeness (QED) is 0.865. The van der Waals surface area contributed by atoms with Crippen molar-refractivity contribution < 1.29 is 9.90 Å². The fraction of sp³-hybridized carbons (Fsp3) is 0.333. The highest BCUT2D eigenvalue weighted by molar-refractivity contribution is 6.30. The highest BCUT2D eigenvalue weighted by Crippen LogP contribution is 2.28. The third-order valence-electron chi connectivity index (χ3n) is 3.83. The van der Waals surface area contributed by atoms with Crippen molar-refractivity contribution in [3.05, 3.63) is 41.0 Å². The number of aromatic nitrogens is 1. The largest absolute Gasteiger partial charge is 0.386 e. The van der Waals surface area contributed by atoms with Gasteiger partial charge in [-0.15, -0.1) is 0 Å². The number of rotatable bonds is 2. The molecule has 0 unspecified atom stereocenters. The van der Waals surface area contributed by atoms with E-state index in [1.165, 1.54) is 0 Å². The summed E-state index contributed by atoms with van der Waals surface area (Å²) in [6, 6.07) is 9.01. The fourth-order valence-corrected chi connectivity index (χ4v) is 2.72. The second kappa shape index (κ2) is 4.72. The first-order chi connectivity index (χ1) is 9.52. The van der Waals surface area contributed by atoms with Crippen LogP contribution >= 0.6 is 11.6 Å². The first kappa shape index (κ1) is 13.3. The number of hydrogen-bond acceptors (Lipinski definition) is 3. The summed E-state index contributed by atoms with van der Waals surface area (Å²) in [6.45, 7) is 2.66. The molecule has 0 bridgehead atoms. The lowest BCUT2D eigenvalue weighted by Gasteiger charge is -2.46. The number of nitrogens with zero attached hydrogens (tertiary/aromatic N) is 2. The van der Waals surface area contributed by atoms with Crippen molar-refractivity contribution in [3.8, 4) is 0 Å². The van der Waals surface area contributed by atoms with Gasteiger partial charge in [0.25, 0.3) is 5.91 Å². The Kier molecular flexibility index (Phi) is 3.15. The Hall–Kier alpha value is -1.65. The molecule has 104 valence electrons. The number of pyridine rings is 1. The van der Waals surface area contributed by atoms with Gasteiger partial charge in [-0.05, 0) is 18.6 Å². The molecule has 1 aromatic heterocycles. The Morgan fingerprint density at radius 1 is 1.45 bits per heavy atom. The first-order valence-electron chi connectivity index (χ1n) is 6.59. The van der Waals surface area contributed by atoms with Crippen molar-refractivity contribution in [2.75, 3.05) is 13.1 Å². The molecule has 1 fully saturated rings. The Balaban J connectivity index is 1.97. The van der Waals surface area contributed by atoms with Crippen LogP contribution in [0.1, 0.15) is 23.7 Å². The molecule has 4 nitrogen and oxygen atoms in total. The minimum Gasteiger partial charge on any atom is -0.386 e. The van der Waals surface area contributed by atoms with Crippen molar-refractivity contribution in [1.82, 2.24) is 9.88 Å². The molecule has 0 radical (unpaired) electrons. The van der Waals surface area contributed by atoms with Crippen molar-refractivity contribution in [3.63, 3.8) is 0 Å². The lowest BCUT2D eigenvalue weighted by molar-refractivity contribution is -0.0825. The van der Waals surface area contributed by atoms with E-state index in [9.17, 15) is 9.90 Å². The number of para-hydroxylation sites is 1. The van der Waals surface area contributed by atoms with Gasteiger partial charge in [0, 0.05) is 5.39 Å². The van der Waals surface area contributed by atoms with E-state index in [4.69, 9.17) is 11.6 Å². The molecule has 20 heavy (non-hydrogen) atoms. The zero-order chi connectivity index (χ0) is 14.3. The maximum Gasteiger partial charge on any atom is 0.254 e. The number of carbonyl (C=O) groups excluding carboxylic acids is 1. The molecule has 2 heterocycles. The van der Waals surface area contributed by atoms with E-state index in [-0.39, 0.29) is 5.91 Å². The Labute approximate surface area is 122 Å². The number of benzene rings is 1. The van der Waals surface area contributed by atoms with Crippen LogP contribution in [-0.4, -0.2) is 39.6 Å². The van der Waals surface area contributed by atoms with E-state index in [1.54, 1.807) is 11.0 Å². The summed E-state index contributed by atoms with van der Waals surface area (Å²) in [4.78, 5) is 18.4. The number of β-amino-alcohol motifs (C(OH)–C–C–N with tert-alkyl or cyclic N) is 1. The molecule has 2 aromatic rings. The third-order valence-corrected chi connectivity index (χ3v) is 4.02. The molecule has 0 spiro atoms. The normalized spacial score (nSPS) is 17.1. The zero-order valence-corrected chi connectivity index (χ0v) is 11.9. The number of aliphatic hydroxyl groups is 1. The lowest BCUT2D eigenvalue weighted by Crippen LogP contribution is -2.63. The van der Waals surface area contributed by atoms with Crippen molar-refractivity contribution >= 4 is 28.4 Å². The van der Waals surface area contributed by atoms with E-state index in [1.807, 2.05) is 31.2 Å². The molecule has 1 saturated heterocycles. The summed E-state index contributed by atoms with van der Waals surface area (Å²) in [5.41, 5.74) is 0.510. The van der Waals surface area contributed by atoms with E-state index in [0.29, 0.717) is 35.7 Å². The van der Waals surface area contributed by atoms with Crippen LogP contribution in [0.15, 0.2) is 30.3 Å². The van der Waals surface area contributed by atoms with Crippen LogP contribution in [0.2, 0.25) is 5.15 Å². The molecule has 1 aliphatic rings. The van der Waals surface area contributed by atoms with Crippen molar-refractivity contribution in [2.45, 2.75) is 18.9 Å². The predicted molar refractivity (Wildman–Crippen MR) is 77.9 cm³/mol. The molecular weight excluding hydrogens is 276 g/mol. The van der Waals surface area contributed by atoms with E-state index in [2.05, 4.69) is 4.98 Å². The maximum absolute atomic E-state index is 12.5. The zero-order valence-electron chi connectivity index (χ0n) is 11.1.